The lowest BCUT2D eigenvalue weighted by Gasteiger charge is -2.12. The Morgan fingerprint density at radius 2 is 2.00 bits per heavy atom. The van der Waals surface area contributed by atoms with E-state index in [0.717, 1.165) is 58.3 Å². The van der Waals surface area contributed by atoms with Crippen LogP contribution in [0.2, 0.25) is 5.02 Å². The molecule has 0 bridgehead atoms. The van der Waals surface area contributed by atoms with Gasteiger partial charge in [0.05, 0.1) is 6.10 Å². The second-order valence-electron chi connectivity index (χ2n) is 6.81. The van der Waals surface area contributed by atoms with Gasteiger partial charge in [-0.1, -0.05) is 41.6 Å². The number of rotatable bonds is 5. The lowest BCUT2D eigenvalue weighted by Crippen LogP contribution is -2.09. The number of thioether (sulfide) groups is 1. The Hall–Kier alpha value is -2.28. The van der Waals surface area contributed by atoms with Crippen LogP contribution >= 0.6 is 23.4 Å². The van der Waals surface area contributed by atoms with Crippen molar-refractivity contribution in [3.8, 4) is 17.1 Å². The van der Waals surface area contributed by atoms with Crippen molar-refractivity contribution >= 4 is 34.3 Å². The van der Waals surface area contributed by atoms with E-state index in [-0.39, 0.29) is 6.10 Å². The molecule has 3 heterocycles. The van der Waals surface area contributed by atoms with Gasteiger partial charge in [-0.05, 0) is 43.2 Å². The quantitative estimate of drug-likeness (QED) is 0.451. The predicted molar refractivity (Wildman–Crippen MR) is 113 cm³/mol. The highest BCUT2D eigenvalue weighted by molar-refractivity contribution is 7.99. The van der Waals surface area contributed by atoms with Gasteiger partial charge in [-0.3, -0.25) is 4.57 Å². The summed E-state index contributed by atoms with van der Waals surface area (Å²) in [7, 11) is 0. The number of aromatic nitrogens is 4. The molecule has 1 saturated heterocycles. The molecule has 2 aromatic heterocycles. The Kier molecular flexibility index (Phi) is 4.84. The number of halogens is 1. The van der Waals surface area contributed by atoms with Crippen molar-refractivity contribution in [3.05, 3.63) is 59.8 Å². The molecular formula is C21H19ClN4OS. The summed E-state index contributed by atoms with van der Waals surface area (Å²) in [6, 6.07) is 16.0. The van der Waals surface area contributed by atoms with Crippen LogP contribution in [0.4, 0.5) is 0 Å². The Balaban J connectivity index is 1.59. The highest BCUT2D eigenvalue weighted by Crippen LogP contribution is 2.33. The molecular weight excluding hydrogens is 392 g/mol. The van der Waals surface area contributed by atoms with E-state index in [1.807, 2.05) is 42.6 Å². The zero-order valence-corrected chi connectivity index (χ0v) is 16.7. The van der Waals surface area contributed by atoms with Gasteiger partial charge in [0.25, 0.3) is 0 Å². The van der Waals surface area contributed by atoms with Gasteiger partial charge in [-0.2, -0.15) is 0 Å². The minimum absolute atomic E-state index is 0.289. The van der Waals surface area contributed by atoms with Crippen LogP contribution in [0.25, 0.3) is 28.0 Å². The summed E-state index contributed by atoms with van der Waals surface area (Å²) in [5.74, 6) is 1.69. The van der Waals surface area contributed by atoms with E-state index in [4.69, 9.17) is 16.3 Å². The van der Waals surface area contributed by atoms with Crippen LogP contribution in [0, 0.1) is 0 Å². The second kappa shape index (κ2) is 7.62. The first-order valence-electron chi connectivity index (χ1n) is 9.32. The first kappa shape index (κ1) is 17.8. The topological polar surface area (TPSA) is 55.7 Å². The number of hydrogen-bond acceptors (Lipinski definition) is 4. The Morgan fingerprint density at radius 3 is 2.82 bits per heavy atom. The average molecular weight is 411 g/mol. The summed E-state index contributed by atoms with van der Waals surface area (Å²) in [5.41, 5.74) is 3.10. The molecule has 1 unspecified atom stereocenters. The molecule has 0 spiro atoms. The average Bonchev–Trinajstić information content (AvgIpc) is 3.46. The molecule has 0 aliphatic carbocycles. The first-order chi connectivity index (χ1) is 13.8. The van der Waals surface area contributed by atoms with E-state index in [2.05, 4.69) is 31.9 Å². The van der Waals surface area contributed by atoms with Crippen molar-refractivity contribution in [3.63, 3.8) is 0 Å². The smallest absolute Gasteiger partial charge is 0.196 e. The van der Waals surface area contributed by atoms with Gasteiger partial charge >= 0.3 is 0 Å². The fourth-order valence-electron chi connectivity index (χ4n) is 3.56. The Labute approximate surface area is 172 Å². The number of aromatic amines is 1. The molecule has 1 aliphatic rings. The Morgan fingerprint density at radius 1 is 1.14 bits per heavy atom. The van der Waals surface area contributed by atoms with Gasteiger partial charge in [0, 0.05) is 45.7 Å². The van der Waals surface area contributed by atoms with Gasteiger partial charge in [0.1, 0.15) is 0 Å². The zero-order chi connectivity index (χ0) is 18.9. The van der Waals surface area contributed by atoms with Gasteiger partial charge < -0.3 is 9.72 Å². The fraction of sp³-hybridized carbons (Fsp3) is 0.238. The van der Waals surface area contributed by atoms with Gasteiger partial charge in [0.15, 0.2) is 11.0 Å². The van der Waals surface area contributed by atoms with Crippen molar-refractivity contribution in [2.24, 2.45) is 0 Å². The van der Waals surface area contributed by atoms with E-state index in [9.17, 15) is 0 Å². The fourth-order valence-corrected chi connectivity index (χ4v) is 4.70. The van der Waals surface area contributed by atoms with Crippen molar-refractivity contribution in [1.82, 2.24) is 19.7 Å². The predicted octanol–water partition coefficient (Wildman–Crippen LogP) is 5.34. The lowest BCUT2D eigenvalue weighted by molar-refractivity contribution is 0.129. The van der Waals surface area contributed by atoms with Crippen LogP contribution in [-0.2, 0) is 4.74 Å². The monoisotopic (exact) mass is 410 g/mol. The van der Waals surface area contributed by atoms with Gasteiger partial charge in [-0.25, -0.2) is 0 Å². The number of H-pyrrole nitrogens is 1. The highest BCUT2D eigenvalue weighted by Gasteiger charge is 2.21. The molecule has 1 N–H and O–H groups in total. The third-order valence-corrected chi connectivity index (χ3v) is 6.28. The summed E-state index contributed by atoms with van der Waals surface area (Å²) in [6.07, 6.45) is 4.53. The molecule has 7 heteroatoms. The molecule has 2 aromatic carbocycles. The summed E-state index contributed by atoms with van der Waals surface area (Å²) in [6.45, 7) is 0.857. The van der Waals surface area contributed by atoms with E-state index < -0.39 is 0 Å². The SMILES string of the molecule is Clc1ccc(-n2c(SCC3CCCO3)nnc2-c2c[nH]c3ccccc23)cc1. The molecule has 5 nitrogen and oxygen atoms in total. The second-order valence-corrected chi connectivity index (χ2v) is 8.24. The molecule has 5 rings (SSSR count). The number of fused-ring (bicyclic) bond motifs is 1. The van der Waals surface area contributed by atoms with E-state index in [1.165, 1.54) is 0 Å². The van der Waals surface area contributed by atoms with Crippen LogP contribution in [0.15, 0.2) is 59.9 Å². The summed E-state index contributed by atoms with van der Waals surface area (Å²) in [5, 5.41) is 11.8. The summed E-state index contributed by atoms with van der Waals surface area (Å²) < 4.78 is 7.87. The van der Waals surface area contributed by atoms with E-state index >= 15 is 0 Å². The minimum atomic E-state index is 0.289. The molecule has 142 valence electrons. The maximum absolute atomic E-state index is 6.11. The summed E-state index contributed by atoms with van der Waals surface area (Å²) >= 11 is 7.80. The third kappa shape index (κ3) is 3.32. The normalized spacial score (nSPS) is 16.8. The van der Waals surface area contributed by atoms with Gasteiger partial charge in [-0.15, -0.1) is 10.2 Å². The maximum atomic E-state index is 6.11. The highest BCUT2D eigenvalue weighted by atomic mass is 35.5. The minimum Gasteiger partial charge on any atom is -0.377 e. The molecule has 1 fully saturated rings. The summed E-state index contributed by atoms with van der Waals surface area (Å²) in [4.78, 5) is 3.33. The maximum Gasteiger partial charge on any atom is 0.196 e. The largest absolute Gasteiger partial charge is 0.377 e. The van der Waals surface area contributed by atoms with Crippen molar-refractivity contribution in [2.45, 2.75) is 24.1 Å². The molecule has 1 aliphatic heterocycles. The van der Waals surface area contributed by atoms with Crippen LogP contribution in [0.5, 0.6) is 0 Å². The van der Waals surface area contributed by atoms with Crippen LogP contribution in [-0.4, -0.2) is 38.2 Å². The number of ether oxygens (including phenoxy) is 1. The van der Waals surface area contributed by atoms with Crippen molar-refractivity contribution in [2.75, 3.05) is 12.4 Å². The van der Waals surface area contributed by atoms with Crippen LogP contribution in [0.3, 0.4) is 0 Å². The number of nitrogens with zero attached hydrogens (tertiary/aromatic N) is 3. The van der Waals surface area contributed by atoms with Crippen molar-refractivity contribution < 1.29 is 4.74 Å². The molecule has 0 saturated carbocycles. The number of hydrogen-bond donors (Lipinski definition) is 1. The molecule has 1 atom stereocenters. The van der Waals surface area contributed by atoms with Crippen LogP contribution < -0.4 is 0 Å². The van der Waals surface area contributed by atoms with Gasteiger partial charge in [0.2, 0.25) is 0 Å². The molecule has 28 heavy (non-hydrogen) atoms. The Bertz CT molecular complexity index is 1100. The number of nitrogens with one attached hydrogen (secondary N) is 1. The first-order valence-corrected chi connectivity index (χ1v) is 10.7. The number of para-hydroxylation sites is 1. The molecule has 4 aromatic rings. The van der Waals surface area contributed by atoms with Crippen molar-refractivity contribution in [1.29, 1.82) is 0 Å². The van der Waals surface area contributed by atoms with Crippen LogP contribution in [0.1, 0.15) is 12.8 Å². The lowest BCUT2D eigenvalue weighted by atomic mass is 10.1. The van der Waals surface area contributed by atoms with E-state index in [0.29, 0.717) is 5.02 Å². The molecule has 0 radical (unpaired) electrons. The van der Waals surface area contributed by atoms with E-state index in [1.54, 1.807) is 11.8 Å². The zero-order valence-electron chi connectivity index (χ0n) is 15.1. The standard InChI is InChI=1S/C21H19ClN4OS/c22-14-7-9-15(10-8-14)26-20(18-12-23-19-6-2-1-5-17(18)19)24-25-21(26)28-13-16-4-3-11-27-16/h1-2,5-10,12,16,23H,3-4,11,13H2. The number of benzene rings is 2. The third-order valence-electron chi connectivity index (χ3n) is 4.97. The molecule has 0 amide bonds.